The molecule has 3 aliphatic rings. The molecule has 0 spiro atoms. The molecule has 1 fully saturated rings. The fourth-order valence-corrected chi connectivity index (χ4v) is 3.82. The third kappa shape index (κ3) is 2.91. The average molecular weight is 330 g/mol. The van der Waals surface area contributed by atoms with E-state index < -0.39 is 10.0 Å². The van der Waals surface area contributed by atoms with Crippen LogP contribution >= 0.6 is 0 Å². The van der Waals surface area contributed by atoms with Gasteiger partial charge in [-0.25, -0.2) is 8.42 Å². The summed E-state index contributed by atoms with van der Waals surface area (Å²) < 4.78 is 33.4. The van der Waals surface area contributed by atoms with Gasteiger partial charge in [0.15, 0.2) is 5.84 Å². The molecular weight excluding hydrogens is 312 g/mol. The van der Waals surface area contributed by atoms with Crippen LogP contribution in [0.4, 0.5) is 0 Å². The van der Waals surface area contributed by atoms with Gasteiger partial charge in [0.1, 0.15) is 5.75 Å². The van der Waals surface area contributed by atoms with E-state index in [2.05, 4.69) is 4.40 Å². The topological polar surface area (TPSA) is 59.0 Å². The van der Waals surface area contributed by atoms with Gasteiger partial charge < -0.3 is 9.64 Å². The predicted molar refractivity (Wildman–Crippen MR) is 89.8 cm³/mol. The summed E-state index contributed by atoms with van der Waals surface area (Å²) in [6.45, 7) is 0.442. The highest BCUT2D eigenvalue weighted by atomic mass is 32.2. The van der Waals surface area contributed by atoms with Crippen molar-refractivity contribution in [3.63, 3.8) is 0 Å². The van der Waals surface area contributed by atoms with E-state index in [1.807, 2.05) is 47.5 Å². The first-order chi connectivity index (χ1) is 11.1. The lowest BCUT2D eigenvalue weighted by Gasteiger charge is -2.29. The number of amidine groups is 1. The summed E-state index contributed by atoms with van der Waals surface area (Å²) >= 11 is 0. The van der Waals surface area contributed by atoms with Gasteiger partial charge >= 0.3 is 0 Å². The molecule has 0 unspecified atom stereocenters. The minimum absolute atomic E-state index is 0.0578. The second kappa shape index (κ2) is 5.53. The number of nitrogens with zero attached hydrogens (tertiary/aromatic N) is 2. The smallest absolute Gasteiger partial charge is 0.256 e. The lowest BCUT2D eigenvalue weighted by molar-refractivity contribution is 0.120. The van der Waals surface area contributed by atoms with Gasteiger partial charge in [-0.15, -0.1) is 4.40 Å². The van der Waals surface area contributed by atoms with Crippen LogP contribution < -0.4 is 4.74 Å². The molecule has 1 aliphatic carbocycles. The van der Waals surface area contributed by atoms with E-state index >= 15 is 0 Å². The molecule has 6 heteroatoms. The van der Waals surface area contributed by atoms with Crippen LogP contribution in [0.5, 0.6) is 5.75 Å². The van der Waals surface area contributed by atoms with Crippen molar-refractivity contribution in [2.45, 2.75) is 25.4 Å². The first kappa shape index (κ1) is 14.5. The zero-order valence-corrected chi connectivity index (χ0v) is 13.5. The lowest BCUT2D eigenvalue weighted by Crippen LogP contribution is -2.37. The second-order valence-corrected chi connectivity index (χ2v) is 7.77. The van der Waals surface area contributed by atoms with Crippen LogP contribution in [0.2, 0.25) is 0 Å². The van der Waals surface area contributed by atoms with Crippen molar-refractivity contribution in [2.24, 2.45) is 4.40 Å². The minimum atomic E-state index is -3.37. The standard InChI is InChI=1S/C17H18N2O3S/c20-23(21)12-11-19-10-2-5-16(17(19)18-23)13-6-8-15(9-7-13)22-14-3-1-4-14/h2,5-10,14H,1,3-4,11-12H2. The van der Waals surface area contributed by atoms with Crippen LogP contribution in [0.15, 0.2) is 47.0 Å². The van der Waals surface area contributed by atoms with E-state index in [0.29, 0.717) is 18.5 Å². The molecule has 2 aliphatic heterocycles. The molecule has 2 heterocycles. The molecule has 0 N–H and O–H groups in total. The summed E-state index contributed by atoms with van der Waals surface area (Å²) in [5.41, 5.74) is 1.77. The molecule has 0 atom stereocenters. The van der Waals surface area contributed by atoms with Crippen LogP contribution in [0.25, 0.3) is 5.57 Å². The molecular formula is C17H18N2O3S. The van der Waals surface area contributed by atoms with Crippen molar-refractivity contribution in [3.05, 3.63) is 48.2 Å². The fraction of sp³-hybridized carbons (Fsp3) is 0.353. The van der Waals surface area contributed by atoms with Crippen molar-refractivity contribution in [3.8, 4) is 5.75 Å². The molecule has 1 saturated carbocycles. The Morgan fingerprint density at radius 3 is 2.65 bits per heavy atom. The highest BCUT2D eigenvalue weighted by Gasteiger charge is 2.27. The van der Waals surface area contributed by atoms with Crippen molar-refractivity contribution in [1.29, 1.82) is 0 Å². The van der Waals surface area contributed by atoms with Crippen LogP contribution in [-0.2, 0) is 10.0 Å². The predicted octanol–water partition coefficient (Wildman–Crippen LogP) is 2.57. The van der Waals surface area contributed by atoms with Crippen LogP contribution in [0, 0.1) is 0 Å². The first-order valence-electron chi connectivity index (χ1n) is 7.86. The fourth-order valence-electron chi connectivity index (χ4n) is 2.84. The van der Waals surface area contributed by atoms with Crippen LogP contribution in [0.3, 0.4) is 0 Å². The molecule has 0 saturated heterocycles. The first-order valence-corrected chi connectivity index (χ1v) is 9.47. The summed E-state index contributed by atoms with van der Waals surface area (Å²) in [4.78, 5) is 1.88. The number of fused-ring (bicyclic) bond motifs is 1. The summed E-state index contributed by atoms with van der Waals surface area (Å²) in [6.07, 6.45) is 9.53. The second-order valence-electron chi connectivity index (χ2n) is 6.01. The van der Waals surface area contributed by atoms with Crippen LogP contribution in [0.1, 0.15) is 24.8 Å². The molecule has 0 amide bonds. The van der Waals surface area contributed by atoms with E-state index in [-0.39, 0.29) is 5.75 Å². The van der Waals surface area contributed by atoms with Gasteiger partial charge in [0.05, 0.1) is 11.9 Å². The zero-order valence-electron chi connectivity index (χ0n) is 12.7. The lowest BCUT2D eigenvalue weighted by atomic mass is 9.96. The zero-order chi connectivity index (χ0) is 15.9. The van der Waals surface area contributed by atoms with Gasteiger partial charge in [-0.1, -0.05) is 12.1 Å². The largest absolute Gasteiger partial charge is 0.490 e. The Labute approximate surface area is 136 Å². The average Bonchev–Trinajstić information content (AvgIpc) is 2.50. The molecule has 0 bridgehead atoms. The van der Waals surface area contributed by atoms with E-state index in [1.54, 1.807) is 0 Å². The molecule has 1 aromatic rings. The quantitative estimate of drug-likeness (QED) is 0.855. The van der Waals surface area contributed by atoms with Gasteiger partial charge in [0.2, 0.25) is 0 Å². The minimum Gasteiger partial charge on any atom is -0.490 e. The maximum absolute atomic E-state index is 11.8. The Hall–Kier alpha value is -2.08. The Morgan fingerprint density at radius 2 is 1.96 bits per heavy atom. The van der Waals surface area contributed by atoms with Crippen molar-refractivity contribution < 1.29 is 13.2 Å². The van der Waals surface area contributed by atoms with Crippen molar-refractivity contribution in [2.75, 3.05) is 12.3 Å². The molecule has 1 aromatic carbocycles. The highest BCUT2D eigenvalue weighted by Crippen LogP contribution is 2.29. The Morgan fingerprint density at radius 1 is 1.17 bits per heavy atom. The molecule has 0 radical (unpaired) electrons. The van der Waals surface area contributed by atoms with Gasteiger partial charge in [-0.2, -0.15) is 0 Å². The van der Waals surface area contributed by atoms with Gasteiger partial charge in [-0.05, 0) is 49.1 Å². The summed E-state index contributed by atoms with van der Waals surface area (Å²) in [6, 6.07) is 7.80. The summed E-state index contributed by atoms with van der Waals surface area (Å²) in [7, 11) is -3.37. The maximum atomic E-state index is 11.8. The van der Waals surface area contributed by atoms with E-state index in [9.17, 15) is 8.42 Å². The Kier molecular flexibility index (Phi) is 3.49. The summed E-state index contributed by atoms with van der Waals surface area (Å²) in [5, 5.41) is 0. The van der Waals surface area contributed by atoms with E-state index in [0.717, 1.165) is 29.7 Å². The molecule has 0 aromatic heterocycles. The molecule has 4 rings (SSSR count). The SMILES string of the molecule is O=S1(=O)CCN2C=CC=C(c3ccc(OC4CCC4)cc3)C2=N1. The summed E-state index contributed by atoms with van der Waals surface area (Å²) in [5.74, 6) is 1.43. The third-order valence-corrected chi connectivity index (χ3v) is 5.53. The van der Waals surface area contributed by atoms with Crippen molar-refractivity contribution >= 4 is 21.4 Å². The van der Waals surface area contributed by atoms with Gasteiger partial charge in [-0.3, -0.25) is 0 Å². The number of hydrogen-bond donors (Lipinski definition) is 0. The van der Waals surface area contributed by atoms with E-state index in [4.69, 9.17) is 4.74 Å². The van der Waals surface area contributed by atoms with Crippen molar-refractivity contribution in [1.82, 2.24) is 4.90 Å². The van der Waals surface area contributed by atoms with Gasteiger partial charge in [0.25, 0.3) is 10.0 Å². The number of ether oxygens (including phenoxy) is 1. The number of benzene rings is 1. The van der Waals surface area contributed by atoms with Crippen LogP contribution in [-0.4, -0.2) is 37.6 Å². The number of allylic oxidation sites excluding steroid dienone is 2. The molecule has 120 valence electrons. The van der Waals surface area contributed by atoms with E-state index in [1.165, 1.54) is 6.42 Å². The molecule has 5 nitrogen and oxygen atoms in total. The monoisotopic (exact) mass is 330 g/mol. The Bertz CT molecular complexity index is 803. The number of sulfonamides is 1. The molecule has 23 heavy (non-hydrogen) atoms. The Balaban J connectivity index is 1.62. The van der Waals surface area contributed by atoms with Gasteiger partial charge in [0, 0.05) is 18.3 Å². The normalized spacial score (nSPS) is 22.7. The number of rotatable bonds is 3. The number of hydrogen-bond acceptors (Lipinski definition) is 4. The highest BCUT2D eigenvalue weighted by molar-refractivity contribution is 7.90. The maximum Gasteiger partial charge on any atom is 0.256 e. The third-order valence-electron chi connectivity index (χ3n) is 4.38.